The van der Waals surface area contributed by atoms with Crippen LogP contribution in [0, 0.1) is 0 Å². The Morgan fingerprint density at radius 1 is 1.50 bits per heavy atom. The number of hydrogen-bond donors (Lipinski definition) is 2. The normalized spacial score (nSPS) is 13.7. The van der Waals surface area contributed by atoms with E-state index >= 15 is 0 Å². The summed E-state index contributed by atoms with van der Waals surface area (Å²) in [6.07, 6.45) is 1.38. The number of rotatable bonds is 3. The van der Waals surface area contributed by atoms with Crippen LogP contribution in [-0.4, -0.2) is 29.7 Å². The molecule has 0 aliphatic rings. The molecule has 1 aromatic heterocycles. The van der Waals surface area contributed by atoms with Crippen molar-refractivity contribution in [3.05, 3.63) is 21.7 Å². The molecule has 0 saturated carbocycles. The molecule has 1 atom stereocenters. The highest BCUT2D eigenvalue weighted by molar-refractivity contribution is 7.90. The quantitative estimate of drug-likeness (QED) is 0.790. The third kappa shape index (κ3) is 2.41. The first-order chi connectivity index (χ1) is 7.27. The minimum absolute atomic E-state index is 0.0396. The third-order valence-electron chi connectivity index (χ3n) is 2.39. The number of aromatic nitrogens is 2. The Morgan fingerprint density at radius 2 is 2.06 bits per heavy atom. The minimum Gasteiger partial charge on any atom is -0.493 e. The molecule has 0 spiro atoms. The van der Waals surface area contributed by atoms with Crippen LogP contribution < -0.4 is 5.56 Å². The molecule has 16 heavy (non-hydrogen) atoms. The summed E-state index contributed by atoms with van der Waals surface area (Å²) in [7, 11) is -3.35. The van der Waals surface area contributed by atoms with Crippen molar-refractivity contribution in [2.75, 3.05) is 6.26 Å². The summed E-state index contributed by atoms with van der Waals surface area (Å²) in [4.78, 5) is 17.5. The molecule has 1 unspecified atom stereocenters. The van der Waals surface area contributed by atoms with Crippen molar-refractivity contribution in [2.45, 2.75) is 25.5 Å². The van der Waals surface area contributed by atoms with Crippen molar-refractivity contribution in [1.82, 2.24) is 9.97 Å². The first-order valence-electron chi connectivity index (χ1n) is 4.78. The molecule has 0 bridgehead atoms. The minimum atomic E-state index is -3.35. The van der Waals surface area contributed by atoms with Gasteiger partial charge in [-0.2, -0.15) is 4.98 Å². The van der Waals surface area contributed by atoms with Crippen molar-refractivity contribution in [3.63, 3.8) is 0 Å². The maximum Gasteiger partial charge on any atom is 0.257 e. The summed E-state index contributed by atoms with van der Waals surface area (Å²) in [5.41, 5.74) is -0.343. The topological polar surface area (TPSA) is 100 Å². The fourth-order valence-corrected chi connectivity index (χ4v) is 1.73. The zero-order chi connectivity index (χ0) is 12.5. The Balaban J connectivity index is 3.35. The number of aromatic amines is 1. The molecule has 0 aliphatic carbocycles. The standard InChI is InChI=1S/C9H14N2O4S/c1-4-6-8(12)10-7(11-9(6)13)5(2)16(3,14)15/h5H,4H2,1-3H3,(H2,10,11,12,13). The van der Waals surface area contributed by atoms with Crippen molar-refractivity contribution in [2.24, 2.45) is 0 Å². The van der Waals surface area contributed by atoms with E-state index in [-0.39, 0.29) is 11.4 Å². The van der Waals surface area contributed by atoms with Crippen molar-refractivity contribution in [3.8, 4) is 5.88 Å². The lowest BCUT2D eigenvalue weighted by molar-refractivity contribution is 0.439. The summed E-state index contributed by atoms with van der Waals surface area (Å²) in [5.74, 6) is -0.445. The molecule has 0 aliphatic heterocycles. The SMILES string of the molecule is CCc1c(O)nc(C(C)S(C)(=O)=O)[nH]c1=O. The second kappa shape index (κ2) is 4.25. The molecule has 2 N–H and O–H groups in total. The van der Waals surface area contributed by atoms with E-state index in [4.69, 9.17) is 0 Å². The van der Waals surface area contributed by atoms with Crippen LogP contribution in [0.25, 0.3) is 0 Å². The summed E-state index contributed by atoms with van der Waals surface area (Å²) in [5, 5.41) is 8.51. The molecular weight excluding hydrogens is 232 g/mol. The zero-order valence-electron chi connectivity index (χ0n) is 9.31. The lowest BCUT2D eigenvalue weighted by Crippen LogP contribution is -2.20. The lowest BCUT2D eigenvalue weighted by atomic mass is 10.2. The predicted octanol–water partition coefficient (Wildman–Crippen LogP) is 0.144. The number of hydrogen-bond acceptors (Lipinski definition) is 5. The van der Waals surface area contributed by atoms with Crippen LogP contribution in [0.15, 0.2) is 4.79 Å². The van der Waals surface area contributed by atoms with E-state index in [9.17, 15) is 18.3 Å². The predicted molar refractivity (Wildman–Crippen MR) is 59.2 cm³/mol. The molecule has 0 saturated heterocycles. The van der Waals surface area contributed by atoms with E-state index in [0.717, 1.165) is 6.26 Å². The van der Waals surface area contributed by atoms with Gasteiger partial charge in [-0.3, -0.25) is 4.79 Å². The van der Waals surface area contributed by atoms with Gasteiger partial charge in [0, 0.05) is 6.26 Å². The van der Waals surface area contributed by atoms with Gasteiger partial charge in [-0.25, -0.2) is 8.42 Å². The highest BCUT2D eigenvalue weighted by Crippen LogP contribution is 2.18. The van der Waals surface area contributed by atoms with Gasteiger partial charge in [-0.1, -0.05) is 6.92 Å². The van der Waals surface area contributed by atoms with Crippen LogP contribution in [0.5, 0.6) is 5.88 Å². The first-order valence-corrected chi connectivity index (χ1v) is 6.73. The average Bonchev–Trinajstić information content (AvgIpc) is 2.14. The number of nitrogens with one attached hydrogen (secondary N) is 1. The first kappa shape index (κ1) is 12.7. The second-order valence-corrected chi connectivity index (χ2v) is 5.94. The van der Waals surface area contributed by atoms with Gasteiger partial charge < -0.3 is 10.1 Å². The van der Waals surface area contributed by atoms with Gasteiger partial charge in [0.2, 0.25) is 5.88 Å². The van der Waals surface area contributed by atoms with Crippen LogP contribution in [0.2, 0.25) is 0 Å². The van der Waals surface area contributed by atoms with Gasteiger partial charge in [0.1, 0.15) is 11.1 Å². The molecule has 0 aromatic carbocycles. The van der Waals surface area contributed by atoms with Crippen LogP contribution in [0.1, 0.15) is 30.5 Å². The number of nitrogens with zero attached hydrogens (tertiary/aromatic N) is 1. The fraction of sp³-hybridized carbons (Fsp3) is 0.556. The Labute approximate surface area is 93.3 Å². The molecule has 0 fully saturated rings. The zero-order valence-corrected chi connectivity index (χ0v) is 10.1. The van der Waals surface area contributed by atoms with Gasteiger partial charge >= 0.3 is 0 Å². The molecule has 6 nitrogen and oxygen atoms in total. The summed E-state index contributed by atoms with van der Waals surface area (Å²) in [6, 6.07) is 0. The van der Waals surface area contributed by atoms with E-state index in [1.807, 2.05) is 0 Å². The Kier molecular flexibility index (Phi) is 3.37. The largest absolute Gasteiger partial charge is 0.493 e. The fourth-order valence-electron chi connectivity index (χ4n) is 1.22. The van der Waals surface area contributed by atoms with E-state index in [0.29, 0.717) is 6.42 Å². The lowest BCUT2D eigenvalue weighted by Gasteiger charge is -2.09. The Bertz CT molecular complexity index is 547. The van der Waals surface area contributed by atoms with Crippen LogP contribution in [0.3, 0.4) is 0 Å². The van der Waals surface area contributed by atoms with E-state index in [1.165, 1.54) is 6.92 Å². The third-order valence-corrected chi connectivity index (χ3v) is 3.90. The molecule has 0 amide bonds. The second-order valence-electron chi connectivity index (χ2n) is 3.58. The number of sulfone groups is 1. The van der Waals surface area contributed by atoms with Gasteiger partial charge in [-0.05, 0) is 13.3 Å². The van der Waals surface area contributed by atoms with E-state index in [1.54, 1.807) is 6.92 Å². The van der Waals surface area contributed by atoms with Gasteiger partial charge in [0.15, 0.2) is 9.84 Å². The highest BCUT2D eigenvalue weighted by atomic mass is 32.2. The Morgan fingerprint density at radius 3 is 2.44 bits per heavy atom. The summed E-state index contributed by atoms with van der Waals surface area (Å²) < 4.78 is 22.5. The molecule has 0 radical (unpaired) electrons. The molecule has 7 heteroatoms. The van der Waals surface area contributed by atoms with Gasteiger partial charge in [0.05, 0.1) is 5.56 Å². The van der Waals surface area contributed by atoms with Gasteiger partial charge in [0.25, 0.3) is 5.56 Å². The Hall–Kier alpha value is -1.37. The number of aromatic hydroxyl groups is 1. The molecule has 1 heterocycles. The molecular formula is C9H14N2O4S. The highest BCUT2D eigenvalue weighted by Gasteiger charge is 2.21. The van der Waals surface area contributed by atoms with Crippen LogP contribution >= 0.6 is 0 Å². The summed E-state index contributed by atoms with van der Waals surface area (Å²) in [6.45, 7) is 3.10. The number of H-pyrrole nitrogens is 1. The molecule has 90 valence electrons. The molecule has 1 aromatic rings. The van der Waals surface area contributed by atoms with Crippen molar-refractivity contribution < 1.29 is 13.5 Å². The van der Waals surface area contributed by atoms with E-state index < -0.39 is 26.5 Å². The average molecular weight is 246 g/mol. The maximum absolute atomic E-state index is 11.5. The molecule has 1 rings (SSSR count). The van der Waals surface area contributed by atoms with E-state index in [2.05, 4.69) is 9.97 Å². The summed E-state index contributed by atoms with van der Waals surface area (Å²) >= 11 is 0. The van der Waals surface area contributed by atoms with Crippen molar-refractivity contribution in [1.29, 1.82) is 0 Å². The van der Waals surface area contributed by atoms with Crippen LogP contribution in [-0.2, 0) is 16.3 Å². The van der Waals surface area contributed by atoms with Crippen molar-refractivity contribution >= 4 is 9.84 Å². The van der Waals surface area contributed by atoms with Gasteiger partial charge in [-0.15, -0.1) is 0 Å². The van der Waals surface area contributed by atoms with Crippen LogP contribution in [0.4, 0.5) is 0 Å². The smallest absolute Gasteiger partial charge is 0.257 e. The monoisotopic (exact) mass is 246 g/mol. The maximum atomic E-state index is 11.5.